The third kappa shape index (κ3) is 5.27. The molecule has 4 aromatic rings. The summed E-state index contributed by atoms with van der Waals surface area (Å²) in [6.07, 6.45) is 1.06. The minimum absolute atomic E-state index is 0.135. The van der Waals surface area contributed by atoms with Gasteiger partial charge in [-0.05, 0) is 72.6 Å². The van der Waals surface area contributed by atoms with E-state index in [1.165, 1.54) is 19.8 Å². The second kappa shape index (κ2) is 10.6. The van der Waals surface area contributed by atoms with Gasteiger partial charge in [0, 0.05) is 11.3 Å². The van der Waals surface area contributed by atoms with Crippen LogP contribution < -0.4 is 20.1 Å². The number of rotatable bonds is 7. The molecule has 4 rings (SSSR count). The number of hydrogen-bond donors (Lipinski definition) is 2. The average molecular weight is 490 g/mol. The van der Waals surface area contributed by atoms with Gasteiger partial charge in [0.25, 0.3) is 5.91 Å². The number of benzene rings is 3. The Kier molecular flexibility index (Phi) is 7.31. The number of hydrogen-bond acceptors (Lipinski definition) is 6. The molecule has 1 amide bonds. The molecule has 3 aromatic carbocycles. The molecular weight excluding hydrogens is 462 g/mol. The maximum atomic E-state index is 12.9. The van der Waals surface area contributed by atoms with Gasteiger partial charge in [-0.25, -0.2) is 4.98 Å². The summed E-state index contributed by atoms with van der Waals surface area (Å²) < 4.78 is 16.6. The molecule has 0 aliphatic carbocycles. The number of carbonyl (C=O) groups is 1. The van der Waals surface area contributed by atoms with E-state index in [1.54, 1.807) is 18.2 Å². The quantitative estimate of drug-likeness (QED) is 0.301. The Bertz CT molecular complexity index is 1360. The van der Waals surface area contributed by atoms with Crippen LogP contribution in [0.2, 0.25) is 0 Å². The lowest BCUT2D eigenvalue weighted by Gasteiger charge is -2.14. The van der Waals surface area contributed by atoms with Crippen LogP contribution in [-0.4, -0.2) is 30.2 Å². The first kappa shape index (κ1) is 24.2. The first-order chi connectivity index (χ1) is 16.9. The second-order valence-corrected chi connectivity index (χ2v) is 8.49. The Labute approximate surface area is 209 Å². The van der Waals surface area contributed by atoms with Crippen LogP contribution in [0.1, 0.15) is 42.1 Å². The molecule has 0 saturated heterocycles. The van der Waals surface area contributed by atoms with Gasteiger partial charge in [-0.2, -0.15) is 0 Å². The van der Waals surface area contributed by atoms with E-state index in [9.17, 15) is 4.79 Å². The fraction of sp³-hybridized carbons (Fsp3) is 0.222. The van der Waals surface area contributed by atoms with Crippen LogP contribution in [0.15, 0.2) is 65.1 Å². The second-order valence-electron chi connectivity index (χ2n) is 8.08. The van der Waals surface area contributed by atoms with Gasteiger partial charge >= 0.3 is 0 Å². The zero-order valence-corrected chi connectivity index (χ0v) is 20.9. The third-order valence-corrected chi connectivity index (χ3v) is 6.05. The molecule has 1 atom stereocenters. The number of carbonyl (C=O) groups excluding carboxylic acids is 1. The number of anilines is 1. The number of nitrogens with zero attached hydrogens (tertiary/aromatic N) is 1. The Morgan fingerprint density at radius 1 is 1.06 bits per heavy atom. The molecule has 35 heavy (non-hydrogen) atoms. The lowest BCUT2D eigenvalue weighted by molar-refractivity contribution is 0.0971. The van der Waals surface area contributed by atoms with Crippen molar-refractivity contribution in [3.8, 4) is 23.0 Å². The third-order valence-electron chi connectivity index (χ3n) is 5.84. The smallest absolute Gasteiger partial charge is 0.264 e. The van der Waals surface area contributed by atoms with E-state index in [1.807, 2.05) is 30.3 Å². The normalized spacial score (nSPS) is 11.7. The number of nitrogens with one attached hydrogen (secondary N) is 2. The molecule has 0 aliphatic heterocycles. The largest absolute Gasteiger partial charge is 0.496 e. The topological polar surface area (TPSA) is 85.6 Å². The first-order valence-electron chi connectivity index (χ1n) is 11.3. The van der Waals surface area contributed by atoms with Gasteiger partial charge in [0.2, 0.25) is 5.89 Å². The van der Waals surface area contributed by atoms with Crippen molar-refractivity contribution in [3.63, 3.8) is 0 Å². The summed E-state index contributed by atoms with van der Waals surface area (Å²) in [6.45, 7) is 4.37. The highest BCUT2D eigenvalue weighted by atomic mass is 32.1. The van der Waals surface area contributed by atoms with Gasteiger partial charge < -0.3 is 19.2 Å². The van der Waals surface area contributed by atoms with Crippen LogP contribution in [-0.2, 0) is 0 Å². The Balaban J connectivity index is 1.51. The molecule has 0 fully saturated rings. The van der Waals surface area contributed by atoms with E-state index in [4.69, 9.17) is 26.1 Å². The summed E-state index contributed by atoms with van der Waals surface area (Å²) >= 11 is 5.37. The van der Waals surface area contributed by atoms with E-state index in [0.29, 0.717) is 29.0 Å². The van der Waals surface area contributed by atoms with E-state index >= 15 is 0 Å². The van der Waals surface area contributed by atoms with E-state index in [0.717, 1.165) is 23.1 Å². The number of ether oxygens (including phenoxy) is 2. The van der Waals surface area contributed by atoms with Crippen molar-refractivity contribution in [2.75, 3.05) is 19.5 Å². The summed E-state index contributed by atoms with van der Waals surface area (Å²) in [5, 5.41) is 5.86. The van der Waals surface area contributed by atoms with Crippen molar-refractivity contribution in [2.45, 2.75) is 26.2 Å². The first-order valence-corrected chi connectivity index (χ1v) is 11.7. The van der Waals surface area contributed by atoms with Crippen molar-refractivity contribution in [1.82, 2.24) is 10.3 Å². The minimum atomic E-state index is -0.441. The Morgan fingerprint density at radius 2 is 1.77 bits per heavy atom. The molecule has 7 nitrogen and oxygen atoms in total. The Hall–Kier alpha value is -3.91. The molecule has 0 spiro atoms. The number of aromatic nitrogens is 1. The summed E-state index contributed by atoms with van der Waals surface area (Å²) in [5.41, 5.74) is 4.53. The molecule has 0 bridgehead atoms. The molecule has 8 heteroatoms. The summed E-state index contributed by atoms with van der Waals surface area (Å²) in [6, 6.07) is 18.7. The van der Waals surface area contributed by atoms with Crippen LogP contribution in [0.4, 0.5) is 5.69 Å². The molecule has 1 heterocycles. The molecule has 180 valence electrons. The van der Waals surface area contributed by atoms with Crippen LogP contribution >= 0.6 is 12.2 Å². The van der Waals surface area contributed by atoms with E-state index in [-0.39, 0.29) is 10.7 Å². The fourth-order valence-electron chi connectivity index (χ4n) is 3.74. The fourth-order valence-corrected chi connectivity index (χ4v) is 3.95. The molecule has 0 radical (unpaired) electrons. The van der Waals surface area contributed by atoms with Crippen molar-refractivity contribution in [1.29, 1.82) is 0 Å². The number of fused-ring (bicyclic) bond motifs is 1. The van der Waals surface area contributed by atoms with Gasteiger partial charge in [0.15, 0.2) is 10.7 Å². The highest BCUT2D eigenvalue weighted by Gasteiger charge is 2.19. The van der Waals surface area contributed by atoms with Crippen LogP contribution in [0.5, 0.6) is 11.5 Å². The minimum Gasteiger partial charge on any atom is -0.496 e. The molecular formula is C27H27N3O4S. The van der Waals surface area contributed by atoms with Crippen LogP contribution in [0.3, 0.4) is 0 Å². The molecule has 2 N–H and O–H groups in total. The highest BCUT2D eigenvalue weighted by molar-refractivity contribution is 7.80. The number of oxazole rings is 1. The molecule has 1 aromatic heterocycles. The van der Waals surface area contributed by atoms with Crippen LogP contribution in [0, 0.1) is 0 Å². The Morgan fingerprint density at radius 3 is 2.46 bits per heavy atom. The zero-order chi connectivity index (χ0) is 24.9. The number of methoxy groups -OCH3 is 2. The standard InChI is InChI=1S/C27H27N3O4S/c1-5-16(2)17-12-13-21-20(15-17)29-26(34-21)18-8-6-9-19(14-18)28-27(35)30-25(31)24-22(32-3)10-7-11-23(24)33-4/h6-16H,5H2,1-4H3,(H2,28,30,31,35)/t16-/m0/s1. The molecule has 0 aliphatic rings. The predicted octanol–water partition coefficient (Wildman–Crippen LogP) is 6.15. The van der Waals surface area contributed by atoms with Gasteiger partial charge in [-0.3, -0.25) is 10.1 Å². The predicted molar refractivity (Wildman–Crippen MR) is 141 cm³/mol. The molecule has 0 saturated carbocycles. The van der Waals surface area contributed by atoms with E-state index < -0.39 is 5.91 Å². The zero-order valence-electron chi connectivity index (χ0n) is 20.0. The van der Waals surface area contributed by atoms with Crippen molar-refractivity contribution >= 4 is 40.0 Å². The van der Waals surface area contributed by atoms with Gasteiger partial charge in [-0.15, -0.1) is 0 Å². The van der Waals surface area contributed by atoms with Gasteiger partial charge in [-0.1, -0.05) is 32.0 Å². The van der Waals surface area contributed by atoms with Crippen molar-refractivity contribution in [2.24, 2.45) is 0 Å². The summed E-state index contributed by atoms with van der Waals surface area (Å²) in [4.78, 5) is 17.5. The monoisotopic (exact) mass is 489 g/mol. The van der Waals surface area contributed by atoms with Crippen molar-refractivity contribution in [3.05, 3.63) is 71.8 Å². The average Bonchev–Trinajstić information content (AvgIpc) is 3.31. The van der Waals surface area contributed by atoms with Gasteiger partial charge in [0.05, 0.1) is 14.2 Å². The highest BCUT2D eigenvalue weighted by Crippen LogP contribution is 2.30. The summed E-state index contributed by atoms with van der Waals surface area (Å²) in [7, 11) is 2.98. The van der Waals surface area contributed by atoms with E-state index in [2.05, 4.69) is 41.6 Å². The van der Waals surface area contributed by atoms with Crippen LogP contribution in [0.25, 0.3) is 22.6 Å². The maximum Gasteiger partial charge on any atom is 0.264 e. The number of thiocarbonyl (C=S) groups is 1. The lowest BCUT2D eigenvalue weighted by Crippen LogP contribution is -2.34. The molecule has 0 unspecified atom stereocenters. The SMILES string of the molecule is CC[C@H](C)c1ccc2oc(-c3cccc(NC(=S)NC(=O)c4c(OC)cccc4OC)c3)nc2c1. The lowest BCUT2D eigenvalue weighted by atomic mass is 9.98. The summed E-state index contributed by atoms with van der Waals surface area (Å²) in [5.74, 6) is 1.31. The van der Waals surface area contributed by atoms with Crippen molar-refractivity contribution < 1.29 is 18.7 Å². The van der Waals surface area contributed by atoms with Gasteiger partial charge in [0.1, 0.15) is 22.6 Å². The maximum absolute atomic E-state index is 12.9. The number of amides is 1.